The summed E-state index contributed by atoms with van der Waals surface area (Å²) in [5.41, 5.74) is 2.21. The van der Waals surface area contributed by atoms with Crippen molar-refractivity contribution in [2.45, 2.75) is 31.3 Å². The molecule has 6 nitrogen and oxygen atoms in total. The van der Waals surface area contributed by atoms with E-state index in [4.69, 9.17) is 18.7 Å². The van der Waals surface area contributed by atoms with Crippen LogP contribution in [0.25, 0.3) is 11.3 Å². The monoisotopic (exact) mass is 366 g/mol. The van der Waals surface area contributed by atoms with E-state index in [9.17, 15) is 0 Å². The number of pyridine rings is 1. The molecule has 1 fully saturated rings. The summed E-state index contributed by atoms with van der Waals surface area (Å²) in [6.45, 7) is 0.127. The van der Waals surface area contributed by atoms with Gasteiger partial charge in [-0.3, -0.25) is 0 Å². The number of aromatic nitrogens is 2. The van der Waals surface area contributed by atoms with Crippen molar-refractivity contribution in [1.82, 2.24) is 10.1 Å². The maximum atomic E-state index is 6.08. The molecule has 2 heterocycles. The maximum absolute atomic E-state index is 6.08. The van der Waals surface area contributed by atoms with E-state index in [1.165, 1.54) is 5.56 Å². The van der Waals surface area contributed by atoms with Gasteiger partial charge in [-0.15, -0.1) is 0 Å². The summed E-state index contributed by atoms with van der Waals surface area (Å²) in [5, 5.41) is 3.84. The zero-order valence-electron chi connectivity index (χ0n) is 15.2. The molecule has 2 atom stereocenters. The van der Waals surface area contributed by atoms with Gasteiger partial charge in [0.1, 0.15) is 6.10 Å². The fourth-order valence-electron chi connectivity index (χ4n) is 3.42. The van der Waals surface area contributed by atoms with Gasteiger partial charge in [-0.1, -0.05) is 30.3 Å². The third-order valence-corrected chi connectivity index (χ3v) is 4.78. The highest BCUT2D eigenvalue weighted by Crippen LogP contribution is 2.36. The highest BCUT2D eigenvalue weighted by molar-refractivity contribution is 5.57. The number of hydrogen-bond acceptors (Lipinski definition) is 6. The predicted molar refractivity (Wildman–Crippen MR) is 99.7 cm³/mol. The van der Waals surface area contributed by atoms with Crippen LogP contribution in [0.2, 0.25) is 0 Å². The summed E-state index contributed by atoms with van der Waals surface area (Å²) in [6, 6.07) is 16.1. The molecule has 0 radical (unpaired) electrons. The summed E-state index contributed by atoms with van der Waals surface area (Å²) >= 11 is 0. The van der Waals surface area contributed by atoms with Gasteiger partial charge in [-0.25, -0.2) is 4.98 Å². The first-order valence-corrected chi connectivity index (χ1v) is 9.08. The van der Waals surface area contributed by atoms with Crippen LogP contribution in [0.5, 0.6) is 11.8 Å². The topological polar surface area (TPSA) is 66.6 Å². The van der Waals surface area contributed by atoms with E-state index in [0.29, 0.717) is 23.4 Å². The molecule has 6 heteroatoms. The quantitative estimate of drug-likeness (QED) is 0.576. The zero-order valence-corrected chi connectivity index (χ0v) is 15.2. The van der Waals surface area contributed by atoms with Crippen molar-refractivity contribution in [3.63, 3.8) is 0 Å². The van der Waals surface area contributed by atoms with Crippen molar-refractivity contribution in [3.8, 4) is 23.1 Å². The summed E-state index contributed by atoms with van der Waals surface area (Å²) in [6.07, 6.45) is 5.14. The third-order valence-electron chi connectivity index (χ3n) is 4.78. The molecule has 0 amide bonds. The van der Waals surface area contributed by atoms with E-state index < -0.39 is 0 Å². The molecule has 2 aromatic heterocycles. The Bertz CT molecular complexity index is 848. The molecule has 2 unspecified atom stereocenters. The molecule has 27 heavy (non-hydrogen) atoms. The molecule has 1 aromatic carbocycles. The molecule has 0 N–H and O–H groups in total. The van der Waals surface area contributed by atoms with Crippen molar-refractivity contribution in [3.05, 3.63) is 60.3 Å². The first-order chi connectivity index (χ1) is 13.3. The van der Waals surface area contributed by atoms with Crippen LogP contribution < -0.4 is 9.47 Å². The van der Waals surface area contributed by atoms with E-state index in [0.717, 1.165) is 24.8 Å². The van der Waals surface area contributed by atoms with Crippen LogP contribution in [0, 0.1) is 0 Å². The van der Waals surface area contributed by atoms with Gasteiger partial charge in [0.15, 0.2) is 12.6 Å². The summed E-state index contributed by atoms with van der Waals surface area (Å²) < 4.78 is 21.4. The lowest BCUT2D eigenvalue weighted by molar-refractivity contribution is 0.0453. The Morgan fingerprint density at radius 2 is 1.96 bits per heavy atom. The standard InChI is InChI=1S/C21H22N2O4/c1-24-14-25-21-12-19(27-23-21)17-8-10-20(22-13-17)26-18-9-7-16(11-18)15-5-3-2-4-6-15/h2-6,8,10,12-13,16,18H,7,9,11,14H2,1H3. The second kappa shape index (κ2) is 8.22. The number of methoxy groups -OCH3 is 1. The maximum Gasteiger partial charge on any atom is 0.256 e. The SMILES string of the molecule is COCOc1cc(-c2ccc(OC3CCC(c4ccccc4)C3)nc2)on1. The van der Waals surface area contributed by atoms with E-state index in [2.05, 4.69) is 40.5 Å². The van der Waals surface area contributed by atoms with Crippen molar-refractivity contribution in [2.24, 2.45) is 0 Å². The van der Waals surface area contributed by atoms with Gasteiger partial charge in [-0.05, 0) is 42.0 Å². The van der Waals surface area contributed by atoms with E-state index in [1.54, 1.807) is 19.4 Å². The number of benzene rings is 1. The Morgan fingerprint density at radius 1 is 1.07 bits per heavy atom. The van der Waals surface area contributed by atoms with Gasteiger partial charge in [0, 0.05) is 31.0 Å². The Hall–Kier alpha value is -2.86. The van der Waals surface area contributed by atoms with Crippen molar-refractivity contribution < 1.29 is 18.7 Å². The molecule has 4 rings (SSSR count). The van der Waals surface area contributed by atoms with E-state index in [1.807, 2.05) is 12.1 Å². The molecular formula is C21H22N2O4. The van der Waals surface area contributed by atoms with Crippen molar-refractivity contribution in [1.29, 1.82) is 0 Å². The van der Waals surface area contributed by atoms with Crippen molar-refractivity contribution >= 4 is 0 Å². The number of ether oxygens (including phenoxy) is 3. The van der Waals surface area contributed by atoms with Gasteiger partial charge in [-0.2, -0.15) is 0 Å². The van der Waals surface area contributed by atoms with Crippen LogP contribution in [-0.2, 0) is 4.74 Å². The highest BCUT2D eigenvalue weighted by Gasteiger charge is 2.27. The van der Waals surface area contributed by atoms with Gasteiger partial charge >= 0.3 is 0 Å². The number of hydrogen-bond donors (Lipinski definition) is 0. The van der Waals surface area contributed by atoms with Gasteiger partial charge in [0.2, 0.25) is 5.88 Å². The molecule has 0 saturated heterocycles. The average molecular weight is 366 g/mol. The molecular weight excluding hydrogens is 344 g/mol. The largest absolute Gasteiger partial charge is 0.474 e. The van der Waals surface area contributed by atoms with Crippen LogP contribution in [0.1, 0.15) is 30.7 Å². The fourth-order valence-corrected chi connectivity index (χ4v) is 3.42. The van der Waals surface area contributed by atoms with Crippen LogP contribution in [0.3, 0.4) is 0 Å². The molecule has 1 saturated carbocycles. The van der Waals surface area contributed by atoms with Gasteiger partial charge in [0.05, 0.1) is 0 Å². The Morgan fingerprint density at radius 3 is 2.74 bits per heavy atom. The Labute approximate surface area is 158 Å². The second-order valence-corrected chi connectivity index (χ2v) is 6.63. The van der Waals surface area contributed by atoms with Crippen LogP contribution in [0.4, 0.5) is 0 Å². The fraction of sp³-hybridized carbons (Fsp3) is 0.333. The second-order valence-electron chi connectivity index (χ2n) is 6.63. The third kappa shape index (κ3) is 4.28. The normalized spacial score (nSPS) is 19.1. The molecule has 140 valence electrons. The number of rotatable bonds is 7. The van der Waals surface area contributed by atoms with Gasteiger partial charge in [0.25, 0.3) is 5.88 Å². The lowest BCUT2D eigenvalue weighted by Gasteiger charge is -2.13. The highest BCUT2D eigenvalue weighted by atomic mass is 16.7. The van der Waals surface area contributed by atoms with Crippen LogP contribution in [-0.4, -0.2) is 30.1 Å². The van der Waals surface area contributed by atoms with Gasteiger partial charge < -0.3 is 18.7 Å². The smallest absolute Gasteiger partial charge is 0.256 e. The molecule has 0 aliphatic heterocycles. The summed E-state index contributed by atoms with van der Waals surface area (Å²) in [5.74, 6) is 2.17. The average Bonchev–Trinajstić information content (AvgIpc) is 3.37. The lowest BCUT2D eigenvalue weighted by Crippen LogP contribution is -2.12. The Balaban J connectivity index is 1.35. The Kier molecular flexibility index (Phi) is 5.34. The predicted octanol–water partition coefficient (Wildman–Crippen LogP) is 4.43. The number of nitrogens with zero attached hydrogens (tertiary/aromatic N) is 2. The molecule has 0 spiro atoms. The minimum absolute atomic E-state index is 0.127. The van der Waals surface area contributed by atoms with E-state index >= 15 is 0 Å². The van der Waals surface area contributed by atoms with Crippen LogP contribution >= 0.6 is 0 Å². The van der Waals surface area contributed by atoms with Crippen molar-refractivity contribution in [2.75, 3.05) is 13.9 Å². The molecule has 0 bridgehead atoms. The lowest BCUT2D eigenvalue weighted by atomic mass is 9.98. The molecule has 3 aromatic rings. The minimum Gasteiger partial charge on any atom is -0.474 e. The minimum atomic E-state index is 0.127. The zero-order chi connectivity index (χ0) is 18.5. The molecule has 1 aliphatic carbocycles. The summed E-state index contributed by atoms with van der Waals surface area (Å²) in [7, 11) is 1.55. The molecule has 1 aliphatic rings. The van der Waals surface area contributed by atoms with Crippen LogP contribution in [0.15, 0.2) is 59.3 Å². The van der Waals surface area contributed by atoms with E-state index in [-0.39, 0.29) is 12.9 Å². The first kappa shape index (κ1) is 17.5. The summed E-state index contributed by atoms with van der Waals surface area (Å²) in [4.78, 5) is 4.41. The first-order valence-electron chi connectivity index (χ1n) is 9.08.